The van der Waals surface area contributed by atoms with Gasteiger partial charge in [0.05, 0.1) is 0 Å². The number of hydrogen-bond acceptors (Lipinski definition) is 2. The predicted molar refractivity (Wildman–Crippen MR) is 82.0 cm³/mol. The van der Waals surface area contributed by atoms with Crippen LogP contribution >= 0.6 is 0 Å². The van der Waals surface area contributed by atoms with Crippen molar-refractivity contribution in [2.75, 3.05) is 6.54 Å². The van der Waals surface area contributed by atoms with Crippen LogP contribution in [0.15, 0.2) is 30.3 Å². The number of benzene rings is 1. The minimum Gasteiger partial charge on any atom is -0.323 e. The number of likely N-dealkylation sites (tertiary alicyclic amines) is 1. The maximum atomic E-state index is 6.59. The van der Waals surface area contributed by atoms with Gasteiger partial charge < -0.3 is 5.73 Å². The van der Waals surface area contributed by atoms with Gasteiger partial charge in [-0.15, -0.1) is 0 Å². The molecule has 19 heavy (non-hydrogen) atoms. The van der Waals surface area contributed by atoms with E-state index in [9.17, 15) is 0 Å². The highest BCUT2D eigenvalue weighted by molar-refractivity contribution is 5.20. The Labute approximate surface area is 118 Å². The molecule has 2 N–H and O–H groups in total. The van der Waals surface area contributed by atoms with Crippen LogP contribution in [0.25, 0.3) is 0 Å². The summed E-state index contributed by atoms with van der Waals surface area (Å²) in [6.07, 6.45) is 3.99. The first-order chi connectivity index (χ1) is 9.11. The number of hydrogen-bond donors (Lipinski definition) is 1. The monoisotopic (exact) mass is 260 g/mol. The summed E-state index contributed by atoms with van der Waals surface area (Å²) in [4.78, 5) is 2.64. The molecular weight excluding hydrogens is 232 g/mol. The molecule has 0 aromatic heterocycles. The predicted octanol–water partition coefficient (Wildman–Crippen LogP) is 3.59. The van der Waals surface area contributed by atoms with E-state index >= 15 is 0 Å². The molecule has 0 saturated carbocycles. The number of rotatable bonds is 4. The standard InChI is InChI=1S/C17H28N2/c1-13(2)17(19-12-8-7-9-14(19)3)16(18)15-10-5-4-6-11-15/h4-6,10-11,13-14,16-17H,7-9,12,18H2,1-3H3. The third-order valence-electron chi connectivity index (χ3n) is 4.47. The Balaban J connectivity index is 2.20. The molecule has 0 spiro atoms. The van der Waals surface area contributed by atoms with Gasteiger partial charge in [-0.25, -0.2) is 0 Å². The normalized spacial score (nSPS) is 24.4. The summed E-state index contributed by atoms with van der Waals surface area (Å²) in [7, 11) is 0. The number of nitrogens with two attached hydrogens (primary N) is 1. The third kappa shape index (κ3) is 3.37. The molecule has 1 fully saturated rings. The molecule has 2 nitrogen and oxygen atoms in total. The fraction of sp³-hybridized carbons (Fsp3) is 0.647. The number of nitrogens with zero attached hydrogens (tertiary/aromatic N) is 1. The third-order valence-corrected chi connectivity index (χ3v) is 4.47. The molecule has 0 bridgehead atoms. The highest BCUT2D eigenvalue weighted by Gasteiger charge is 2.32. The smallest absolute Gasteiger partial charge is 0.0455 e. The van der Waals surface area contributed by atoms with Crippen molar-refractivity contribution in [3.05, 3.63) is 35.9 Å². The highest BCUT2D eigenvalue weighted by Crippen LogP contribution is 2.30. The summed E-state index contributed by atoms with van der Waals surface area (Å²) in [6, 6.07) is 11.8. The van der Waals surface area contributed by atoms with Gasteiger partial charge in [-0.1, -0.05) is 50.6 Å². The first-order valence-electron chi connectivity index (χ1n) is 7.67. The molecule has 1 heterocycles. The summed E-state index contributed by atoms with van der Waals surface area (Å²) in [6.45, 7) is 8.15. The second kappa shape index (κ2) is 6.53. The van der Waals surface area contributed by atoms with E-state index in [0.29, 0.717) is 18.0 Å². The number of piperidine rings is 1. The molecule has 0 aliphatic carbocycles. The van der Waals surface area contributed by atoms with Gasteiger partial charge in [0.1, 0.15) is 0 Å². The summed E-state index contributed by atoms with van der Waals surface area (Å²) in [5.41, 5.74) is 7.85. The SMILES string of the molecule is CC(C)C(C(N)c1ccccc1)N1CCCCC1C. The minimum atomic E-state index is 0.113. The van der Waals surface area contributed by atoms with Crippen LogP contribution < -0.4 is 5.73 Å². The summed E-state index contributed by atoms with van der Waals surface area (Å²) < 4.78 is 0. The van der Waals surface area contributed by atoms with Gasteiger partial charge in [0, 0.05) is 18.1 Å². The first-order valence-corrected chi connectivity index (χ1v) is 7.67. The van der Waals surface area contributed by atoms with Gasteiger partial charge in [-0.05, 0) is 37.8 Å². The second-order valence-corrected chi connectivity index (χ2v) is 6.25. The van der Waals surface area contributed by atoms with Gasteiger partial charge in [0.2, 0.25) is 0 Å². The lowest BCUT2D eigenvalue weighted by Crippen LogP contribution is -2.52. The molecule has 2 rings (SSSR count). The average molecular weight is 260 g/mol. The molecule has 0 radical (unpaired) electrons. The average Bonchev–Trinajstić information content (AvgIpc) is 2.42. The zero-order valence-electron chi connectivity index (χ0n) is 12.5. The van der Waals surface area contributed by atoms with Crippen LogP contribution in [0.2, 0.25) is 0 Å². The van der Waals surface area contributed by atoms with Crippen LogP contribution in [0.1, 0.15) is 51.6 Å². The Kier molecular flexibility index (Phi) is 5.00. The molecular formula is C17H28N2. The van der Waals surface area contributed by atoms with E-state index in [1.165, 1.54) is 31.4 Å². The van der Waals surface area contributed by atoms with Gasteiger partial charge in [-0.2, -0.15) is 0 Å². The van der Waals surface area contributed by atoms with E-state index in [4.69, 9.17) is 5.73 Å². The molecule has 1 saturated heterocycles. The highest BCUT2D eigenvalue weighted by atomic mass is 15.2. The van der Waals surface area contributed by atoms with Crippen LogP contribution in [-0.4, -0.2) is 23.5 Å². The van der Waals surface area contributed by atoms with Crippen LogP contribution in [0.5, 0.6) is 0 Å². The maximum absolute atomic E-state index is 6.59. The zero-order chi connectivity index (χ0) is 13.8. The summed E-state index contributed by atoms with van der Waals surface area (Å²) in [5.74, 6) is 0.579. The fourth-order valence-electron chi connectivity index (χ4n) is 3.44. The van der Waals surface area contributed by atoms with E-state index in [2.05, 4.69) is 56.0 Å². The van der Waals surface area contributed by atoms with E-state index in [0.717, 1.165) is 0 Å². The van der Waals surface area contributed by atoms with Crippen molar-refractivity contribution in [1.82, 2.24) is 4.90 Å². The van der Waals surface area contributed by atoms with Crippen molar-refractivity contribution >= 4 is 0 Å². The van der Waals surface area contributed by atoms with Crippen molar-refractivity contribution < 1.29 is 0 Å². The topological polar surface area (TPSA) is 29.3 Å². The van der Waals surface area contributed by atoms with Crippen molar-refractivity contribution in [2.24, 2.45) is 11.7 Å². The van der Waals surface area contributed by atoms with Crippen molar-refractivity contribution in [3.8, 4) is 0 Å². The fourth-order valence-corrected chi connectivity index (χ4v) is 3.44. The molecule has 1 aromatic rings. The molecule has 1 aliphatic rings. The van der Waals surface area contributed by atoms with Gasteiger partial charge >= 0.3 is 0 Å². The molecule has 1 aromatic carbocycles. The lowest BCUT2D eigenvalue weighted by atomic mass is 9.87. The Morgan fingerprint density at radius 1 is 1.16 bits per heavy atom. The zero-order valence-corrected chi connectivity index (χ0v) is 12.5. The summed E-state index contributed by atoms with van der Waals surface area (Å²) >= 11 is 0. The Morgan fingerprint density at radius 2 is 1.84 bits per heavy atom. The second-order valence-electron chi connectivity index (χ2n) is 6.25. The largest absolute Gasteiger partial charge is 0.323 e. The van der Waals surface area contributed by atoms with Crippen LogP contribution in [0.4, 0.5) is 0 Å². The van der Waals surface area contributed by atoms with Gasteiger partial charge in [-0.3, -0.25) is 4.90 Å². The molecule has 3 unspecified atom stereocenters. The van der Waals surface area contributed by atoms with Crippen molar-refractivity contribution in [2.45, 2.75) is 58.2 Å². The quantitative estimate of drug-likeness (QED) is 0.896. The van der Waals surface area contributed by atoms with Crippen molar-refractivity contribution in [3.63, 3.8) is 0 Å². The lowest BCUT2D eigenvalue weighted by Gasteiger charge is -2.44. The van der Waals surface area contributed by atoms with Gasteiger partial charge in [0.25, 0.3) is 0 Å². The van der Waals surface area contributed by atoms with E-state index in [1.54, 1.807) is 0 Å². The van der Waals surface area contributed by atoms with Crippen LogP contribution in [0, 0.1) is 5.92 Å². The van der Waals surface area contributed by atoms with E-state index in [1.807, 2.05) is 0 Å². The molecule has 3 atom stereocenters. The minimum absolute atomic E-state index is 0.113. The Morgan fingerprint density at radius 3 is 2.42 bits per heavy atom. The molecule has 106 valence electrons. The Hall–Kier alpha value is -0.860. The first kappa shape index (κ1) is 14.5. The van der Waals surface area contributed by atoms with E-state index in [-0.39, 0.29) is 6.04 Å². The molecule has 0 amide bonds. The van der Waals surface area contributed by atoms with Crippen LogP contribution in [-0.2, 0) is 0 Å². The van der Waals surface area contributed by atoms with E-state index < -0.39 is 0 Å². The summed E-state index contributed by atoms with van der Waals surface area (Å²) in [5, 5.41) is 0. The lowest BCUT2D eigenvalue weighted by molar-refractivity contribution is 0.0622. The molecule has 2 heteroatoms. The van der Waals surface area contributed by atoms with Crippen molar-refractivity contribution in [1.29, 1.82) is 0 Å². The molecule has 1 aliphatic heterocycles. The maximum Gasteiger partial charge on any atom is 0.0455 e. The Bertz CT molecular complexity index is 374. The van der Waals surface area contributed by atoms with Crippen LogP contribution in [0.3, 0.4) is 0 Å². The van der Waals surface area contributed by atoms with Gasteiger partial charge in [0.15, 0.2) is 0 Å².